The van der Waals surface area contributed by atoms with E-state index in [-0.39, 0.29) is 29.5 Å². The fraction of sp³-hybridized carbons (Fsp3) is 0.525. The number of amides is 4. The zero-order valence-corrected chi connectivity index (χ0v) is 30.2. The van der Waals surface area contributed by atoms with Crippen molar-refractivity contribution in [2.75, 3.05) is 13.1 Å². The second-order valence-corrected chi connectivity index (χ2v) is 16.3. The molecule has 3 aromatic rings. The molecule has 51 heavy (non-hydrogen) atoms. The number of piperidine rings is 1. The molecular weight excluding hydrogens is 644 g/mol. The summed E-state index contributed by atoms with van der Waals surface area (Å²) in [7, 11) is 0. The Balaban J connectivity index is 1.20. The van der Waals surface area contributed by atoms with E-state index in [9.17, 15) is 24.3 Å². The molecule has 1 aromatic heterocycles. The Hall–Kier alpha value is -4.35. The number of primary amides is 1. The van der Waals surface area contributed by atoms with Crippen molar-refractivity contribution in [1.29, 1.82) is 0 Å². The van der Waals surface area contributed by atoms with Gasteiger partial charge in [-0.05, 0) is 75.5 Å². The van der Waals surface area contributed by atoms with Crippen LogP contribution in [0.2, 0.25) is 0 Å². The molecule has 4 amide bonds. The number of para-hydroxylation sites is 1. The topological polar surface area (TPSA) is 167 Å². The molecule has 2 aromatic carbocycles. The molecule has 1 aliphatic heterocycles. The molecule has 2 unspecified atom stereocenters. The van der Waals surface area contributed by atoms with Crippen molar-refractivity contribution >= 4 is 34.5 Å². The third kappa shape index (κ3) is 8.10. The summed E-state index contributed by atoms with van der Waals surface area (Å²) in [5.74, 6) is -1.84. The van der Waals surface area contributed by atoms with Crippen LogP contribution in [0.15, 0.2) is 66.7 Å². The highest BCUT2D eigenvalue weighted by Gasteiger charge is 2.61. The molecule has 0 radical (unpaired) electrons. The highest BCUT2D eigenvalue weighted by Crippen LogP contribution is 2.55. The number of aliphatic hydroxyl groups excluding tert-OH is 1. The van der Waals surface area contributed by atoms with E-state index in [0.717, 1.165) is 36.6 Å². The van der Waals surface area contributed by atoms with Crippen molar-refractivity contribution in [3.63, 3.8) is 0 Å². The summed E-state index contributed by atoms with van der Waals surface area (Å²) in [5, 5.41) is 21.8. The molecule has 2 saturated carbocycles. The smallest absolute Gasteiger partial charge is 0.270 e. The predicted octanol–water partition coefficient (Wildman–Crippen LogP) is 3.80. The minimum atomic E-state index is -1.30. The first-order chi connectivity index (χ1) is 24.2. The molecular formula is C40H52N6O5. The van der Waals surface area contributed by atoms with Gasteiger partial charge in [-0.3, -0.25) is 24.1 Å². The lowest BCUT2D eigenvalue weighted by molar-refractivity contribution is -0.137. The Morgan fingerprint density at radius 2 is 1.73 bits per heavy atom. The zero-order valence-electron chi connectivity index (χ0n) is 30.2. The van der Waals surface area contributed by atoms with Gasteiger partial charge in [0.15, 0.2) is 0 Å². The van der Waals surface area contributed by atoms with E-state index in [4.69, 9.17) is 5.73 Å². The van der Waals surface area contributed by atoms with Gasteiger partial charge in [-0.25, -0.2) is 4.98 Å². The summed E-state index contributed by atoms with van der Waals surface area (Å²) < 4.78 is 0. The first kappa shape index (κ1) is 36.4. The summed E-state index contributed by atoms with van der Waals surface area (Å²) >= 11 is 0. The lowest BCUT2D eigenvalue weighted by atomic mass is 9.62. The van der Waals surface area contributed by atoms with Crippen molar-refractivity contribution < 1.29 is 24.3 Å². The second kappa shape index (κ2) is 14.3. The van der Waals surface area contributed by atoms with Crippen molar-refractivity contribution in [2.24, 2.45) is 17.1 Å². The number of hydrogen-bond acceptors (Lipinski definition) is 7. The molecule has 3 fully saturated rings. The number of nitrogens with two attached hydrogens (primary N) is 1. The maximum Gasteiger partial charge on any atom is 0.270 e. The van der Waals surface area contributed by atoms with E-state index in [1.165, 1.54) is 0 Å². The average molecular weight is 697 g/mol. The number of rotatable bonds is 11. The van der Waals surface area contributed by atoms with Crippen molar-refractivity contribution in [2.45, 2.75) is 108 Å². The number of nitrogens with zero attached hydrogens (tertiary/aromatic N) is 2. The van der Waals surface area contributed by atoms with Crippen molar-refractivity contribution in [3.05, 3.63) is 78.0 Å². The monoisotopic (exact) mass is 696 g/mol. The van der Waals surface area contributed by atoms with Crippen LogP contribution in [0.25, 0.3) is 10.9 Å². The number of aliphatic hydroxyl groups is 1. The van der Waals surface area contributed by atoms with E-state index in [0.29, 0.717) is 30.8 Å². The molecule has 0 spiro atoms. The fourth-order valence-corrected chi connectivity index (χ4v) is 8.44. The molecule has 2 heterocycles. The number of nitrogens with one attached hydrogen (secondary N) is 3. The maximum absolute atomic E-state index is 13.8. The lowest BCUT2D eigenvalue weighted by Crippen LogP contribution is -2.62. The number of aromatic nitrogens is 1. The normalized spacial score (nSPS) is 27.4. The molecule has 272 valence electrons. The van der Waals surface area contributed by atoms with Gasteiger partial charge in [-0.15, -0.1) is 0 Å². The van der Waals surface area contributed by atoms with Gasteiger partial charge >= 0.3 is 0 Å². The van der Waals surface area contributed by atoms with Crippen LogP contribution in [-0.2, 0) is 14.4 Å². The van der Waals surface area contributed by atoms with Crippen LogP contribution in [0.5, 0.6) is 0 Å². The lowest BCUT2D eigenvalue weighted by Gasteiger charge is -2.53. The molecule has 6 N–H and O–H groups in total. The number of carbonyl (C=O) groups is 4. The zero-order chi connectivity index (χ0) is 36.6. The first-order valence-electron chi connectivity index (χ1n) is 18.2. The van der Waals surface area contributed by atoms with E-state index in [1.807, 2.05) is 69.3 Å². The van der Waals surface area contributed by atoms with E-state index in [1.54, 1.807) is 18.2 Å². The summed E-state index contributed by atoms with van der Waals surface area (Å²) in [4.78, 5) is 59.8. The third-order valence-electron chi connectivity index (χ3n) is 11.3. The molecule has 3 aliphatic rings. The van der Waals surface area contributed by atoms with Crippen LogP contribution < -0.4 is 21.7 Å². The van der Waals surface area contributed by atoms with Crippen LogP contribution in [0.3, 0.4) is 0 Å². The summed E-state index contributed by atoms with van der Waals surface area (Å²) in [6.45, 7) is 9.10. The maximum atomic E-state index is 13.8. The van der Waals surface area contributed by atoms with Gasteiger partial charge < -0.3 is 26.8 Å². The van der Waals surface area contributed by atoms with Crippen LogP contribution >= 0.6 is 0 Å². The highest BCUT2D eigenvalue weighted by molar-refractivity contribution is 5.99. The summed E-state index contributed by atoms with van der Waals surface area (Å²) in [6.07, 6.45) is 4.23. The molecule has 6 rings (SSSR count). The van der Waals surface area contributed by atoms with Gasteiger partial charge in [0.25, 0.3) is 5.91 Å². The highest BCUT2D eigenvalue weighted by atomic mass is 16.3. The van der Waals surface area contributed by atoms with E-state index >= 15 is 0 Å². The van der Waals surface area contributed by atoms with Crippen LogP contribution in [0.4, 0.5) is 0 Å². The molecule has 2 aliphatic carbocycles. The van der Waals surface area contributed by atoms with Gasteiger partial charge in [0.2, 0.25) is 17.7 Å². The average Bonchev–Trinajstić information content (AvgIpc) is 3.82. The fourth-order valence-electron chi connectivity index (χ4n) is 8.44. The molecule has 0 bridgehead atoms. The van der Waals surface area contributed by atoms with Gasteiger partial charge in [-0.2, -0.15) is 0 Å². The first-order valence-corrected chi connectivity index (χ1v) is 18.2. The number of β-amino-alcohol motifs (C(OH)–C–C–N with tert-alkyl or cyclic N) is 1. The second-order valence-electron chi connectivity index (χ2n) is 16.3. The molecule has 11 heteroatoms. The van der Waals surface area contributed by atoms with Crippen LogP contribution in [0.1, 0.15) is 94.6 Å². The molecule has 7 atom stereocenters. The number of benzene rings is 2. The van der Waals surface area contributed by atoms with Crippen molar-refractivity contribution in [1.82, 2.24) is 25.8 Å². The molecule has 11 nitrogen and oxygen atoms in total. The summed E-state index contributed by atoms with van der Waals surface area (Å²) in [5.41, 5.74) is 5.98. The Bertz CT molecular complexity index is 1780. The quantitative estimate of drug-likeness (QED) is 0.203. The van der Waals surface area contributed by atoms with Gasteiger partial charge in [0.05, 0.1) is 29.6 Å². The predicted molar refractivity (Wildman–Crippen MR) is 195 cm³/mol. The molecule has 1 saturated heterocycles. The number of fused-ring (bicyclic) bond motifs is 2. The minimum Gasteiger partial charge on any atom is -0.389 e. The third-order valence-corrected chi connectivity index (χ3v) is 11.3. The summed E-state index contributed by atoms with van der Waals surface area (Å²) in [6, 6.07) is 18.7. The van der Waals surface area contributed by atoms with E-state index < -0.39 is 53.4 Å². The van der Waals surface area contributed by atoms with E-state index in [2.05, 4.69) is 32.8 Å². The van der Waals surface area contributed by atoms with Gasteiger partial charge in [-0.1, -0.05) is 74.4 Å². The number of pyridine rings is 1. The Morgan fingerprint density at radius 1 is 1.00 bits per heavy atom. The van der Waals surface area contributed by atoms with Crippen molar-refractivity contribution in [3.8, 4) is 0 Å². The SMILES string of the molecule is CC(C)(C)NC(=O)[C@@H]1C[C@]2(C)CCCC[C@@H]2CN1C[C@@H](O)C1(NC(=O)C[C@H](NC(=O)c2ccc3ccccc3n2)C(N)=O)CC1c1ccccc1. The number of likely N-dealkylation sites (tertiary alicyclic amines) is 1. The van der Waals surface area contributed by atoms with Crippen LogP contribution in [-0.4, -0.2) is 81.0 Å². The largest absolute Gasteiger partial charge is 0.389 e. The van der Waals surface area contributed by atoms with Gasteiger partial charge in [0.1, 0.15) is 11.7 Å². The Kier molecular flexibility index (Phi) is 10.3. The Labute approximate surface area is 300 Å². The minimum absolute atomic E-state index is 0.0469. The number of hydrogen-bond donors (Lipinski definition) is 5. The number of carbonyl (C=O) groups excluding carboxylic acids is 4. The van der Waals surface area contributed by atoms with Crippen LogP contribution in [0, 0.1) is 11.3 Å². The standard InChI is InChI=1S/C40H52N6O5/c1-38(2,3)45-37(51)32-22-39(4)19-11-10-15-27(39)23-46(32)24-33(47)40(21-28(40)25-12-6-5-7-13-25)44-34(48)20-31(35(41)49)43-36(50)30-18-17-26-14-8-9-16-29(26)42-30/h5-9,12-14,16-18,27-28,31-33,47H,10-11,15,19-24H2,1-4H3,(H2,41,49)(H,43,50)(H,44,48)(H,45,51)/t27-,28?,31+,32+,33-,39+,40?/m1/s1. The Morgan fingerprint density at radius 3 is 2.45 bits per heavy atom. The van der Waals surface area contributed by atoms with Gasteiger partial charge in [0, 0.05) is 29.9 Å².